The van der Waals surface area contributed by atoms with Crippen LogP contribution >= 0.6 is 0 Å². The highest BCUT2D eigenvalue weighted by Gasteiger charge is 2.06. The number of aromatic hydroxyl groups is 2. The first-order valence-electron chi connectivity index (χ1n) is 4.94. The molecule has 0 saturated heterocycles. The van der Waals surface area contributed by atoms with Crippen molar-refractivity contribution in [1.29, 1.82) is 5.41 Å². The lowest BCUT2D eigenvalue weighted by Crippen LogP contribution is -1.85. The van der Waals surface area contributed by atoms with Gasteiger partial charge in [0.2, 0.25) is 0 Å². The molecule has 0 unspecified atom stereocenters. The molecule has 2 rings (SSSR count). The molecule has 2 aromatic rings. The molecular formula is C13H10FNO2. The maximum absolute atomic E-state index is 13.2. The summed E-state index contributed by atoms with van der Waals surface area (Å²) in [7, 11) is 0. The van der Waals surface area contributed by atoms with Gasteiger partial charge < -0.3 is 15.6 Å². The number of benzene rings is 2. The van der Waals surface area contributed by atoms with E-state index in [9.17, 15) is 9.50 Å². The van der Waals surface area contributed by atoms with Gasteiger partial charge in [0.25, 0.3) is 0 Å². The zero-order chi connectivity index (χ0) is 12.4. The van der Waals surface area contributed by atoms with Crippen LogP contribution in [0.5, 0.6) is 11.5 Å². The van der Waals surface area contributed by atoms with E-state index in [-0.39, 0.29) is 5.75 Å². The van der Waals surface area contributed by atoms with Crippen molar-refractivity contribution in [3.63, 3.8) is 0 Å². The van der Waals surface area contributed by atoms with Gasteiger partial charge in [-0.25, -0.2) is 4.39 Å². The van der Waals surface area contributed by atoms with Crippen LogP contribution < -0.4 is 0 Å². The van der Waals surface area contributed by atoms with Crippen molar-refractivity contribution in [2.45, 2.75) is 0 Å². The third-order valence-electron chi connectivity index (χ3n) is 2.46. The van der Waals surface area contributed by atoms with Crippen LogP contribution in [0.15, 0.2) is 36.4 Å². The summed E-state index contributed by atoms with van der Waals surface area (Å²) in [5, 5.41) is 25.6. The minimum absolute atomic E-state index is 0.00278. The molecule has 0 aliphatic carbocycles. The Morgan fingerprint density at radius 3 is 2.12 bits per heavy atom. The van der Waals surface area contributed by atoms with E-state index < -0.39 is 11.6 Å². The van der Waals surface area contributed by atoms with Gasteiger partial charge in [0.05, 0.1) is 0 Å². The lowest BCUT2D eigenvalue weighted by molar-refractivity contribution is 0.432. The Bertz CT molecular complexity index is 582. The average molecular weight is 231 g/mol. The van der Waals surface area contributed by atoms with Crippen LogP contribution in [0.4, 0.5) is 4.39 Å². The Kier molecular flexibility index (Phi) is 2.78. The summed E-state index contributed by atoms with van der Waals surface area (Å²) < 4.78 is 13.2. The minimum Gasteiger partial charge on any atom is -0.507 e. The molecule has 0 heterocycles. The molecule has 0 aromatic heterocycles. The summed E-state index contributed by atoms with van der Waals surface area (Å²) in [5.41, 5.74) is 1.60. The van der Waals surface area contributed by atoms with E-state index in [0.717, 1.165) is 6.21 Å². The standard InChI is InChI=1S/C13H10FNO2/c14-11-6-9(2-4-13(11)17)8-1-3-12(16)10(5-8)7-15/h1-7,15-17H. The molecule has 86 valence electrons. The number of nitrogens with one attached hydrogen (secondary N) is 1. The third kappa shape index (κ3) is 2.10. The second kappa shape index (κ2) is 4.25. The first-order valence-corrected chi connectivity index (χ1v) is 4.94. The average Bonchev–Trinajstić information content (AvgIpc) is 2.33. The Labute approximate surface area is 97.3 Å². The van der Waals surface area contributed by atoms with Crippen LogP contribution in [0.25, 0.3) is 11.1 Å². The minimum atomic E-state index is -0.702. The summed E-state index contributed by atoms with van der Waals surface area (Å²) >= 11 is 0. The molecule has 0 saturated carbocycles. The van der Waals surface area contributed by atoms with Gasteiger partial charge in [0, 0.05) is 11.8 Å². The number of phenolic OH excluding ortho intramolecular Hbond substituents is 2. The van der Waals surface area contributed by atoms with Crippen LogP contribution in [-0.4, -0.2) is 16.4 Å². The highest BCUT2D eigenvalue weighted by Crippen LogP contribution is 2.27. The number of hydrogen-bond donors (Lipinski definition) is 3. The quantitative estimate of drug-likeness (QED) is 0.696. The van der Waals surface area contributed by atoms with Crippen molar-refractivity contribution in [3.8, 4) is 22.6 Å². The van der Waals surface area contributed by atoms with Gasteiger partial charge >= 0.3 is 0 Å². The second-order valence-corrected chi connectivity index (χ2v) is 3.58. The maximum Gasteiger partial charge on any atom is 0.165 e. The summed E-state index contributed by atoms with van der Waals surface area (Å²) in [6.45, 7) is 0. The fraction of sp³-hybridized carbons (Fsp3) is 0. The zero-order valence-electron chi connectivity index (χ0n) is 8.81. The first kappa shape index (κ1) is 11.1. The first-order chi connectivity index (χ1) is 8.11. The van der Waals surface area contributed by atoms with E-state index >= 15 is 0 Å². The van der Waals surface area contributed by atoms with Gasteiger partial charge in [-0.2, -0.15) is 0 Å². The van der Waals surface area contributed by atoms with E-state index in [0.29, 0.717) is 16.7 Å². The SMILES string of the molecule is N=Cc1cc(-c2ccc(O)c(F)c2)ccc1O. The summed E-state index contributed by atoms with van der Waals surface area (Å²) in [6, 6.07) is 8.68. The van der Waals surface area contributed by atoms with Gasteiger partial charge in [-0.1, -0.05) is 12.1 Å². The lowest BCUT2D eigenvalue weighted by atomic mass is 10.0. The molecule has 3 N–H and O–H groups in total. The number of phenols is 2. The molecule has 0 bridgehead atoms. The molecule has 2 aromatic carbocycles. The maximum atomic E-state index is 13.2. The van der Waals surface area contributed by atoms with Crippen molar-refractivity contribution in [1.82, 2.24) is 0 Å². The summed E-state index contributed by atoms with van der Waals surface area (Å²) in [5.74, 6) is -1.10. The van der Waals surface area contributed by atoms with E-state index in [1.807, 2.05) is 0 Å². The van der Waals surface area contributed by atoms with Crippen LogP contribution in [0.3, 0.4) is 0 Å². The summed E-state index contributed by atoms with van der Waals surface area (Å²) in [4.78, 5) is 0. The molecule has 0 aliphatic rings. The summed E-state index contributed by atoms with van der Waals surface area (Å²) in [6.07, 6.45) is 1.02. The molecule has 3 nitrogen and oxygen atoms in total. The predicted octanol–water partition coefficient (Wildman–Crippen LogP) is 2.90. The largest absolute Gasteiger partial charge is 0.507 e. The lowest BCUT2D eigenvalue weighted by Gasteiger charge is -2.05. The smallest absolute Gasteiger partial charge is 0.165 e. The molecule has 4 heteroatoms. The molecule has 0 radical (unpaired) electrons. The molecule has 0 atom stereocenters. The molecular weight excluding hydrogens is 221 g/mol. The Hall–Kier alpha value is -2.36. The molecule has 0 fully saturated rings. The number of halogens is 1. The Morgan fingerprint density at radius 2 is 1.53 bits per heavy atom. The topological polar surface area (TPSA) is 64.3 Å². The monoisotopic (exact) mass is 231 g/mol. The number of rotatable bonds is 2. The zero-order valence-corrected chi connectivity index (χ0v) is 8.81. The van der Waals surface area contributed by atoms with Crippen molar-refractivity contribution in [2.75, 3.05) is 0 Å². The van der Waals surface area contributed by atoms with Gasteiger partial charge in [-0.05, 0) is 35.4 Å². The van der Waals surface area contributed by atoms with E-state index in [1.54, 1.807) is 18.2 Å². The van der Waals surface area contributed by atoms with Crippen LogP contribution in [0, 0.1) is 11.2 Å². The van der Waals surface area contributed by atoms with Crippen molar-refractivity contribution >= 4 is 6.21 Å². The highest BCUT2D eigenvalue weighted by atomic mass is 19.1. The third-order valence-corrected chi connectivity index (χ3v) is 2.46. The van der Waals surface area contributed by atoms with Crippen LogP contribution in [-0.2, 0) is 0 Å². The van der Waals surface area contributed by atoms with E-state index in [4.69, 9.17) is 10.5 Å². The predicted molar refractivity (Wildman–Crippen MR) is 63.1 cm³/mol. The molecule has 0 amide bonds. The fourth-order valence-corrected chi connectivity index (χ4v) is 1.54. The fourth-order valence-electron chi connectivity index (χ4n) is 1.54. The van der Waals surface area contributed by atoms with Gasteiger partial charge in [-0.15, -0.1) is 0 Å². The van der Waals surface area contributed by atoms with Crippen molar-refractivity contribution < 1.29 is 14.6 Å². The van der Waals surface area contributed by atoms with E-state index in [2.05, 4.69) is 0 Å². The van der Waals surface area contributed by atoms with Crippen molar-refractivity contribution in [3.05, 3.63) is 47.8 Å². The van der Waals surface area contributed by atoms with Gasteiger partial charge in [0.1, 0.15) is 5.75 Å². The van der Waals surface area contributed by atoms with Gasteiger partial charge in [-0.3, -0.25) is 0 Å². The van der Waals surface area contributed by atoms with Crippen LogP contribution in [0.2, 0.25) is 0 Å². The van der Waals surface area contributed by atoms with Crippen molar-refractivity contribution in [2.24, 2.45) is 0 Å². The Balaban J connectivity index is 2.52. The normalized spacial score (nSPS) is 10.2. The highest BCUT2D eigenvalue weighted by molar-refractivity contribution is 5.84. The molecule has 17 heavy (non-hydrogen) atoms. The second-order valence-electron chi connectivity index (χ2n) is 3.58. The van der Waals surface area contributed by atoms with Crippen LogP contribution in [0.1, 0.15) is 5.56 Å². The molecule has 0 spiro atoms. The number of hydrogen-bond acceptors (Lipinski definition) is 3. The van der Waals surface area contributed by atoms with Gasteiger partial charge in [0.15, 0.2) is 11.6 Å². The molecule has 0 aliphatic heterocycles. The Morgan fingerprint density at radius 1 is 0.941 bits per heavy atom. The van der Waals surface area contributed by atoms with E-state index in [1.165, 1.54) is 18.2 Å².